The molecule has 0 radical (unpaired) electrons. The fourth-order valence-corrected chi connectivity index (χ4v) is 2.23. The summed E-state index contributed by atoms with van der Waals surface area (Å²) in [5, 5.41) is 9.80. The number of nitrogens with one attached hydrogen (secondary N) is 3. The molecule has 0 saturated carbocycles. The van der Waals surface area contributed by atoms with Crippen molar-refractivity contribution in [3.8, 4) is 17.0 Å². The summed E-state index contributed by atoms with van der Waals surface area (Å²) in [6.45, 7) is 1.86. The molecule has 3 N–H and O–H groups in total. The Balaban J connectivity index is 1.74. The average molecular weight is 311 g/mol. The van der Waals surface area contributed by atoms with E-state index in [1.54, 1.807) is 25.6 Å². The average Bonchev–Trinajstić information content (AvgIpc) is 3.26. The number of aromatic nitrogens is 4. The minimum Gasteiger partial charge on any atom is -0.497 e. The number of aromatic amines is 2. The third-order valence-electron chi connectivity index (χ3n) is 3.47. The number of hydrogen-bond acceptors (Lipinski definition) is 4. The number of nitrogens with zero attached hydrogens (tertiary/aromatic N) is 2. The number of ether oxygens (including phenoxy) is 1. The van der Waals surface area contributed by atoms with Crippen LogP contribution in [0.3, 0.4) is 0 Å². The van der Waals surface area contributed by atoms with Gasteiger partial charge in [-0.25, -0.2) is 4.98 Å². The van der Waals surface area contributed by atoms with Gasteiger partial charge in [0, 0.05) is 18.0 Å². The van der Waals surface area contributed by atoms with Gasteiger partial charge >= 0.3 is 0 Å². The number of carbonyl (C=O) groups is 1. The molecule has 0 unspecified atom stereocenters. The second kappa shape index (κ2) is 6.35. The lowest BCUT2D eigenvalue weighted by Gasteiger charge is -2.09. The number of H-pyrrole nitrogens is 2. The van der Waals surface area contributed by atoms with Crippen molar-refractivity contribution >= 4 is 5.91 Å². The Labute approximate surface area is 133 Å². The Kier molecular flexibility index (Phi) is 4.09. The van der Waals surface area contributed by atoms with Gasteiger partial charge in [0.2, 0.25) is 0 Å². The largest absolute Gasteiger partial charge is 0.497 e. The summed E-state index contributed by atoms with van der Waals surface area (Å²) in [4.78, 5) is 19.4. The predicted molar refractivity (Wildman–Crippen MR) is 85.0 cm³/mol. The maximum atomic E-state index is 12.3. The zero-order valence-electron chi connectivity index (χ0n) is 12.8. The van der Waals surface area contributed by atoms with E-state index in [-0.39, 0.29) is 11.9 Å². The van der Waals surface area contributed by atoms with Crippen LogP contribution in [0.1, 0.15) is 29.3 Å². The van der Waals surface area contributed by atoms with Crippen LogP contribution in [0, 0.1) is 0 Å². The third kappa shape index (κ3) is 3.23. The summed E-state index contributed by atoms with van der Waals surface area (Å²) >= 11 is 0. The minimum absolute atomic E-state index is 0.221. The second-order valence-corrected chi connectivity index (χ2v) is 5.07. The number of hydrogen-bond donors (Lipinski definition) is 3. The van der Waals surface area contributed by atoms with Gasteiger partial charge in [-0.3, -0.25) is 9.89 Å². The standard InChI is InChI=1S/C16H17N5O2/c1-10(15-17-6-7-18-15)19-16(22)14-9-13(20-21-14)11-4-3-5-12(8-11)23-2/h3-10H,1-2H3,(H,17,18)(H,19,22)(H,20,21)/t10-/m1/s1. The van der Waals surface area contributed by atoms with Crippen LogP contribution < -0.4 is 10.1 Å². The highest BCUT2D eigenvalue weighted by atomic mass is 16.5. The highest BCUT2D eigenvalue weighted by Crippen LogP contribution is 2.22. The first-order chi connectivity index (χ1) is 11.2. The Morgan fingerprint density at radius 2 is 2.22 bits per heavy atom. The van der Waals surface area contributed by atoms with Crippen LogP contribution in [0.15, 0.2) is 42.7 Å². The fourth-order valence-electron chi connectivity index (χ4n) is 2.23. The van der Waals surface area contributed by atoms with Crippen molar-refractivity contribution in [2.75, 3.05) is 7.11 Å². The monoisotopic (exact) mass is 311 g/mol. The van der Waals surface area contributed by atoms with Crippen LogP contribution >= 0.6 is 0 Å². The first-order valence-electron chi connectivity index (χ1n) is 7.17. The lowest BCUT2D eigenvalue weighted by atomic mass is 10.1. The molecule has 2 heterocycles. The van der Waals surface area contributed by atoms with Gasteiger partial charge in [-0.1, -0.05) is 12.1 Å². The molecule has 0 aliphatic heterocycles. The molecule has 0 bridgehead atoms. The van der Waals surface area contributed by atoms with Crippen molar-refractivity contribution in [3.63, 3.8) is 0 Å². The SMILES string of the molecule is COc1cccc(-c2cc(C(=O)N[C@H](C)c3ncc[nH]3)[nH]n2)c1. The van der Waals surface area contributed by atoms with E-state index < -0.39 is 0 Å². The molecule has 2 aromatic heterocycles. The minimum atomic E-state index is -0.240. The van der Waals surface area contributed by atoms with Crippen molar-refractivity contribution < 1.29 is 9.53 Å². The molecule has 1 amide bonds. The van der Waals surface area contributed by atoms with Crippen molar-refractivity contribution in [3.05, 3.63) is 54.2 Å². The molecule has 3 rings (SSSR count). The van der Waals surface area contributed by atoms with E-state index >= 15 is 0 Å². The quantitative estimate of drug-likeness (QED) is 0.673. The highest BCUT2D eigenvalue weighted by molar-refractivity contribution is 5.93. The smallest absolute Gasteiger partial charge is 0.269 e. The van der Waals surface area contributed by atoms with Gasteiger partial charge in [0.1, 0.15) is 17.3 Å². The predicted octanol–water partition coefficient (Wildman–Crippen LogP) is 2.30. The van der Waals surface area contributed by atoms with Gasteiger partial charge in [0.25, 0.3) is 5.91 Å². The number of imidazole rings is 1. The molecule has 0 fully saturated rings. The van der Waals surface area contributed by atoms with E-state index in [1.807, 2.05) is 31.2 Å². The number of methoxy groups -OCH3 is 1. The molecule has 118 valence electrons. The van der Waals surface area contributed by atoms with Crippen molar-refractivity contribution in [1.29, 1.82) is 0 Å². The molecule has 1 aromatic carbocycles. The summed E-state index contributed by atoms with van der Waals surface area (Å²) in [6, 6.07) is 8.99. The summed E-state index contributed by atoms with van der Waals surface area (Å²) in [6.07, 6.45) is 3.37. The first-order valence-corrected chi connectivity index (χ1v) is 7.17. The van der Waals surface area contributed by atoms with Crippen molar-refractivity contribution in [2.24, 2.45) is 0 Å². The molecule has 23 heavy (non-hydrogen) atoms. The molecule has 0 spiro atoms. The van der Waals surface area contributed by atoms with Crippen molar-refractivity contribution in [1.82, 2.24) is 25.5 Å². The van der Waals surface area contributed by atoms with E-state index in [0.717, 1.165) is 11.3 Å². The highest BCUT2D eigenvalue weighted by Gasteiger charge is 2.15. The van der Waals surface area contributed by atoms with Gasteiger partial charge in [0.05, 0.1) is 18.8 Å². The Morgan fingerprint density at radius 1 is 1.35 bits per heavy atom. The van der Waals surface area contributed by atoms with E-state index in [4.69, 9.17) is 4.74 Å². The Bertz CT molecular complexity index is 794. The summed E-state index contributed by atoms with van der Waals surface area (Å²) in [5.41, 5.74) is 1.94. The van der Waals surface area contributed by atoms with Gasteiger partial charge in [-0.15, -0.1) is 0 Å². The zero-order valence-corrected chi connectivity index (χ0v) is 12.8. The molecular formula is C16H17N5O2. The number of benzene rings is 1. The number of rotatable bonds is 5. The Hall–Kier alpha value is -3.09. The van der Waals surface area contributed by atoms with Crippen LogP contribution in [-0.4, -0.2) is 33.2 Å². The van der Waals surface area contributed by atoms with Crippen LogP contribution in [0.5, 0.6) is 5.75 Å². The van der Waals surface area contributed by atoms with Gasteiger partial charge in [-0.05, 0) is 25.1 Å². The normalized spacial score (nSPS) is 11.9. The zero-order chi connectivity index (χ0) is 16.2. The van der Waals surface area contributed by atoms with Crippen LogP contribution in [0.2, 0.25) is 0 Å². The molecule has 0 saturated heterocycles. The van der Waals surface area contributed by atoms with Crippen LogP contribution in [0.4, 0.5) is 0 Å². The summed E-state index contributed by atoms with van der Waals surface area (Å²) < 4.78 is 5.20. The maximum Gasteiger partial charge on any atom is 0.269 e. The third-order valence-corrected chi connectivity index (χ3v) is 3.47. The number of amides is 1. The second-order valence-electron chi connectivity index (χ2n) is 5.07. The van der Waals surface area contributed by atoms with Gasteiger partial charge in [0.15, 0.2) is 0 Å². The molecule has 0 aliphatic carbocycles. The van der Waals surface area contributed by atoms with Crippen molar-refractivity contribution in [2.45, 2.75) is 13.0 Å². The summed E-state index contributed by atoms with van der Waals surface area (Å²) in [5.74, 6) is 1.20. The molecular weight excluding hydrogens is 294 g/mol. The van der Waals surface area contributed by atoms with Crippen LogP contribution in [-0.2, 0) is 0 Å². The molecule has 3 aromatic rings. The fraction of sp³-hybridized carbons (Fsp3) is 0.188. The maximum absolute atomic E-state index is 12.3. The van der Waals surface area contributed by atoms with Gasteiger partial charge < -0.3 is 15.0 Å². The Morgan fingerprint density at radius 3 is 2.96 bits per heavy atom. The number of carbonyl (C=O) groups excluding carboxylic acids is 1. The van der Waals surface area contributed by atoms with E-state index in [9.17, 15) is 4.79 Å². The van der Waals surface area contributed by atoms with E-state index in [0.29, 0.717) is 17.2 Å². The lowest BCUT2D eigenvalue weighted by molar-refractivity contribution is 0.0933. The molecule has 1 atom stereocenters. The van der Waals surface area contributed by atoms with Crippen LogP contribution in [0.25, 0.3) is 11.3 Å². The molecule has 7 nitrogen and oxygen atoms in total. The van der Waals surface area contributed by atoms with E-state index in [2.05, 4.69) is 25.5 Å². The topological polar surface area (TPSA) is 95.7 Å². The van der Waals surface area contributed by atoms with E-state index in [1.165, 1.54) is 0 Å². The summed E-state index contributed by atoms with van der Waals surface area (Å²) in [7, 11) is 1.61. The first kappa shape index (κ1) is 14.8. The lowest BCUT2D eigenvalue weighted by Crippen LogP contribution is -2.27. The molecule has 7 heteroatoms. The van der Waals surface area contributed by atoms with Gasteiger partial charge in [-0.2, -0.15) is 5.10 Å². The molecule has 0 aliphatic rings.